The van der Waals surface area contributed by atoms with E-state index in [1.807, 2.05) is 31.2 Å². The third kappa shape index (κ3) is 3.26. The number of aromatic nitrogens is 1. The van der Waals surface area contributed by atoms with Gasteiger partial charge in [0.2, 0.25) is 0 Å². The minimum atomic E-state index is 0.658. The Labute approximate surface area is 118 Å². The van der Waals surface area contributed by atoms with Crippen LogP contribution in [0.5, 0.6) is 5.75 Å². The Bertz CT molecular complexity index is 598. The Morgan fingerprint density at radius 3 is 2.79 bits per heavy atom. The lowest BCUT2D eigenvalue weighted by atomic mass is 10.3. The van der Waals surface area contributed by atoms with Gasteiger partial charge in [-0.2, -0.15) is 0 Å². The molecule has 102 valence electrons. The van der Waals surface area contributed by atoms with Crippen LogP contribution in [-0.2, 0) is 6.54 Å². The lowest BCUT2D eigenvalue weighted by Crippen LogP contribution is -2.15. The molecule has 0 unspecified atom stereocenters. The Hall–Kier alpha value is -1.55. The van der Waals surface area contributed by atoms with Crippen LogP contribution in [0.2, 0.25) is 0 Å². The summed E-state index contributed by atoms with van der Waals surface area (Å²) in [7, 11) is 0. The molecule has 0 atom stereocenters. The fourth-order valence-corrected chi connectivity index (χ4v) is 2.85. The lowest BCUT2D eigenvalue weighted by Gasteiger charge is -2.06. The molecule has 0 bridgehead atoms. The van der Waals surface area contributed by atoms with E-state index in [1.165, 1.54) is 5.69 Å². The van der Waals surface area contributed by atoms with Gasteiger partial charge in [0, 0.05) is 17.6 Å². The van der Waals surface area contributed by atoms with Gasteiger partial charge in [-0.3, -0.25) is 0 Å². The van der Waals surface area contributed by atoms with Crippen molar-refractivity contribution in [2.24, 2.45) is 4.99 Å². The average Bonchev–Trinajstić information content (AvgIpc) is 2.75. The molecule has 0 saturated heterocycles. The second kappa shape index (κ2) is 6.57. The molecule has 0 aliphatic heterocycles. The Kier molecular flexibility index (Phi) is 4.80. The van der Waals surface area contributed by atoms with Gasteiger partial charge in [-0.1, -0.05) is 19.1 Å². The summed E-state index contributed by atoms with van der Waals surface area (Å²) in [6, 6.07) is 7.93. The number of rotatable bonds is 5. The average molecular weight is 276 g/mol. The SMILES string of the molecule is CCCn1c(C)csc1=Nc1ccccc1OCC. The molecule has 0 fully saturated rings. The first-order valence-electron chi connectivity index (χ1n) is 6.67. The molecule has 0 spiro atoms. The van der Waals surface area contributed by atoms with E-state index in [9.17, 15) is 0 Å². The van der Waals surface area contributed by atoms with Crippen molar-refractivity contribution >= 4 is 17.0 Å². The summed E-state index contributed by atoms with van der Waals surface area (Å²) < 4.78 is 7.87. The van der Waals surface area contributed by atoms with Crippen LogP contribution < -0.4 is 9.54 Å². The smallest absolute Gasteiger partial charge is 0.190 e. The van der Waals surface area contributed by atoms with Crippen molar-refractivity contribution in [3.05, 3.63) is 40.1 Å². The van der Waals surface area contributed by atoms with Crippen molar-refractivity contribution in [3.8, 4) is 5.75 Å². The predicted molar refractivity (Wildman–Crippen MR) is 80.2 cm³/mol. The maximum atomic E-state index is 5.62. The number of benzene rings is 1. The molecule has 2 rings (SSSR count). The number of para-hydroxylation sites is 2. The molecule has 1 heterocycles. The molecule has 0 aliphatic rings. The molecule has 2 aromatic rings. The first-order valence-corrected chi connectivity index (χ1v) is 7.55. The van der Waals surface area contributed by atoms with Crippen molar-refractivity contribution in [2.75, 3.05) is 6.61 Å². The topological polar surface area (TPSA) is 26.5 Å². The van der Waals surface area contributed by atoms with Gasteiger partial charge in [-0.05, 0) is 32.4 Å². The zero-order chi connectivity index (χ0) is 13.7. The number of thiazole rings is 1. The van der Waals surface area contributed by atoms with Crippen molar-refractivity contribution in [3.63, 3.8) is 0 Å². The summed E-state index contributed by atoms with van der Waals surface area (Å²) in [4.78, 5) is 5.79. The van der Waals surface area contributed by atoms with Crippen LogP contribution >= 0.6 is 11.3 Å². The van der Waals surface area contributed by atoms with Crippen LogP contribution in [0.15, 0.2) is 34.6 Å². The van der Waals surface area contributed by atoms with Crippen LogP contribution in [0.3, 0.4) is 0 Å². The normalized spacial score (nSPS) is 11.8. The maximum Gasteiger partial charge on any atom is 0.190 e. The second-order valence-electron chi connectivity index (χ2n) is 4.32. The van der Waals surface area contributed by atoms with Crippen molar-refractivity contribution in [2.45, 2.75) is 33.7 Å². The molecule has 4 heteroatoms. The molecule has 0 N–H and O–H groups in total. The molecule has 0 saturated carbocycles. The van der Waals surface area contributed by atoms with Crippen LogP contribution in [0.1, 0.15) is 26.0 Å². The van der Waals surface area contributed by atoms with Crippen molar-refractivity contribution in [1.29, 1.82) is 0 Å². The monoisotopic (exact) mass is 276 g/mol. The Morgan fingerprint density at radius 1 is 1.26 bits per heavy atom. The number of hydrogen-bond donors (Lipinski definition) is 0. The maximum absolute atomic E-state index is 5.62. The van der Waals surface area contributed by atoms with Crippen LogP contribution in [-0.4, -0.2) is 11.2 Å². The van der Waals surface area contributed by atoms with E-state index in [1.54, 1.807) is 11.3 Å². The first kappa shape index (κ1) is 13.9. The highest BCUT2D eigenvalue weighted by atomic mass is 32.1. The third-order valence-corrected chi connectivity index (χ3v) is 3.80. The van der Waals surface area contributed by atoms with Gasteiger partial charge in [0.15, 0.2) is 4.80 Å². The van der Waals surface area contributed by atoms with E-state index in [-0.39, 0.29) is 0 Å². The van der Waals surface area contributed by atoms with Gasteiger partial charge < -0.3 is 9.30 Å². The largest absolute Gasteiger partial charge is 0.492 e. The van der Waals surface area contributed by atoms with E-state index in [0.717, 1.165) is 29.2 Å². The summed E-state index contributed by atoms with van der Waals surface area (Å²) in [6.45, 7) is 7.96. The van der Waals surface area contributed by atoms with Crippen molar-refractivity contribution < 1.29 is 4.74 Å². The Balaban J connectivity index is 2.46. The van der Waals surface area contributed by atoms with Crippen LogP contribution in [0.25, 0.3) is 0 Å². The summed E-state index contributed by atoms with van der Waals surface area (Å²) in [6.07, 6.45) is 1.11. The van der Waals surface area contributed by atoms with E-state index >= 15 is 0 Å². The molecule has 1 aromatic heterocycles. The van der Waals surface area contributed by atoms with Crippen LogP contribution in [0, 0.1) is 6.92 Å². The van der Waals surface area contributed by atoms with Crippen molar-refractivity contribution in [1.82, 2.24) is 4.57 Å². The number of ether oxygens (including phenoxy) is 1. The minimum Gasteiger partial charge on any atom is -0.492 e. The molecule has 1 aromatic carbocycles. The van der Waals surface area contributed by atoms with Gasteiger partial charge in [0.05, 0.1) is 6.61 Å². The van der Waals surface area contributed by atoms with Gasteiger partial charge in [-0.15, -0.1) is 11.3 Å². The first-order chi connectivity index (χ1) is 9.26. The molecule has 0 radical (unpaired) electrons. The number of hydrogen-bond acceptors (Lipinski definition) is 3. The quantitative estimate of drug-likeness (QED) is 0.813. The van der Waals surface area contributed by atoms with E-state index in [2.05, 4.69) is 23.8 Å². The molecular weight excluding hydrogens is 256 g/mol. The summed E-state index contributed by atoms with van der Waals surface area (Å²) >= 11 is 1.68. The van der Waals surface area contributed by atoms with Gasteiger partial charge in [-0.25, -0.2) is 4.99 Å². The summed E-state index contributed by atoms with van der Waals surface area (Å²) in [5, 5.41) is 2.15. The third-order valence-electron chi connectivity index (χ3n) is 2.82. The lowest BCUT2D eigenvalue weighted by molar-refractivity contribution is 0.341. The van der Waals surface area contributed by atoms with E-state index in [4.69, 9.17) is 9.73 Å². The summed E-state index contributed by atoms with van der Waals surface area (Å²) in [5.74, 6) is 0.846. The van der Waals surface area contributed by atoms with E-state index < -0.39 is 0 Å². The standard InChI is InChI=1S/C15H20N2OS/c1-4-10-17-12(3)11-19-15(17)16-13-8-6-7-9-14(13)18-5-2/h6-9,11H,4-5,10H2,1-3H3. The summed E-state index contributed by atoms with van der Waals surface area (Å²) in [5.41, 5.74) is 2.16. The molecular formula is C15H20N2OS. The fraction of sp³-hybridized carbons (Fsp3) is 0.400. The van der Waals surface area contributed by atoms with Gasteiger partial charge in [0.1, 0.15) is 11.4 Å². The van der Waals surface area contributed by atoms with Crippen LogP contribution in [0.4, 0.5) is 5.69 Å². The zero-order valence-electron chi connectivity index (χ0n) is 11.7. The predicted octanol–water partition coefficient (Wildman–Crippen LogP) is 3.90. The molecule has 3 nitrogen and oxygen atoms in total. The molecule has 19 heavy (non-hydrogen) atoms. The fourth-order valence-electron chi connectivity index (χ4n) is 1.93. The van der Waals surface area contributed by atoms with Gasteiger partial charge in [0.25, 0.3) is 0 Å². The highest BCUT2D eigenvalue weighted by Gasteiger charge is 2.03. The number of aryl methyl sites for hydroxylation is 1. The molecule has 0 amide bonds. The Morgan fingerprint density at radius 2 is 2.05 bits per heavy atom. The molecule has 0 aliphatic carbocycles. The zero-order valence-corrected chi connectivity index (χ0v) is 12.5. The number of nitrogens with zero attached hydrogens (tertiary/aromatic N) is 2. The van der Waals surface area contributed by atoms with Gasteiger partial charge >= 0.3 is 0 Å². The highest BCUT2D eigenvalue weighted by Crippen LogP contribution is 2.26. The minimum absolute atomic E-state index is 0.658. The highest BCUT2D eigenvalue weighted by molar-refractivity contribution is 7.07. The van der Waals surface area contributed by atoms with E-state index in [0.29, 0.717) is 6.61 Å². The second-order valence-corrected chi connectivity index (χ2v) is 5.16.